The summed E-state index contributed by atoms with van der Waals surface area (Å²) in [6.07, 6.45) is 18.5. The number of rotatable bonds is 0. The van der Waals surface area contributed by atoms with Crippen LogP contribution in [0.2, 0.25) is 0 Å². The van der Waals surface area contributed by atoms with Gasteiger partial charge in [-0.2, -0.15) is 0 Å². The van der Waals surface area contributed by atoms with Gasteiger partial charge in [-0.05, 0) is 357 Å². The maximum absolute atomic E-state index is 6.20. The van der Waals surface area contributed by atoms with Crippen LogP contribution < -0.4 is 14.8 Å². The topological polar surface area (TPSA) is 30.5 Å². The van der Waals surface area contributed by atoms with Gasteiger partial charge in [0.1, 0.15) is 11.5 Å². The normalized spacial score (nSPS) is 17.5. The molecule has 0 radical (unpaired) electrons. The molecule has 137 heavy (non-hydrogen) atoms. The van der Waals surface area contributed by atoms with Crippen LogP contribution in [0.4, 0.5) is 0 Å². The van der Waals surface area contributed by atoms with E-state index in [4.69, 9.17) is 9.47 Å². The molecule has 18 aromatic rings. The average Bonchev–Trinajstić information content (AvgIpc) is 0.714. The Balaban J connectivity index is 0.000000104. The van der Waals surface area contributed by atoms with Gasteiger partial charge < -0.3 is 14.8 Å². The zero-order valence-electron chi connectivity index (χ0n) is 81.4. The molecule has 678 valence electrons. The fourth-order valence-corrected chi connectivity index (χ4v) is 25.9. The molecule has 34 rings (SSSR count). The van der Waals surface area contributed by atoms with Gasteiger partial charge in [-0.15, -0.1) is 0 Å². The van der Waals surface area contributed by atoms with Gasteiger partial charge in [0.25, 0.3) is 0 Å². The SMILES string of the molecule is Cc1ccc2c(c1)C1(CCC(C)CC1)c1cc(C)cc3cccc-2c13.Cc1ccc2c(c1)C1(Cc3ccc(cc3)CCCc3ccc(cc3)C1)c1cc(C)cc3cccc-2c13.Cc1ccc2c(c1)C1(Cc3ccc(cc3)CNCc3ccc(cc3)C1)c1cc(C)cc3cccc-2c13.Cc1ccc2c(c1)C1(c3ccc(cc3)OCCCCCCCOc3ccc1cc3)c1cc(C)cc3cccc-2c13. The van der Waals surface area contributed by atoms with Gasteiger partial charge >= 0.3 is 0 Å². The smallest absolute Gasteiger partial charge is 0.119 e. The Hall–Kier alpha value is -13.4. The number of ether oxygens (including phenoxy) is 2. The van der Waals surface area contributed by atoms with Crippen LogP contribution in [0.3, 0.4) is 0 Å². The zero-order valence-corrected chi connectivity index (χ0v) is 81.4. The largest absolute Gasteiger partial charge is 0.494 e. The van der Waals surface area contributed by atoms with Crippen LogP contribution in [0.1, 0.15) is 216 Å². The lowest BCUT2D eigenvalue weighted by molar-refractivity contribution is 0.281. The standard InChI is InChI=1S/C38H36O2.C36H32.C35H31N.C25H26/c1-26-11-20-33-34-10-8-9-28-23-27(2)25-36(37(28)34)38(35(33)24-26)29-12-16-31(17-13-29)39-21-6-4-3-5-7-22-40-32-18-14-30(38)15-19-32;1-24-9-18-31-32-8-4-7-30-19-25(2)21-34(35(30)32)36(33(31)20-24)22-28-14-10-26(11-15-28)5-3-6-27-12-16-29(23-36)17-13-27;1-23-6-15-30-31-5-3-4-29-16-24(2)18-33(34(29)31)35(32(30)17-23)19-25-7-11-27(12-8-25)21-36-22-28-13-9-26(20-35)10-14-28;1-16-9-11-25(12-10-16)22-14-17(2)7-8-20(22)21-6-4-5-19-13-18(3)15-23(25)24(19)21/h8-20,23-25H,3-7,21-22H2,1-2H3;4,7-21H,3,5-6,22-23H2,1-2H3;3-18,36H,19-22H2,1-2H3;4-8,13-16H,9-12H2,1-3H3. The highest BCUT2D eigenvalue weighted by Gasteiger charge is 2.48. The van der Waals surface area contributed by atoms with Crippen LogP contribution >= 0.6 is 0 Å². The number of fused-ring (bicyclic) bond motifs is 12. The molecular weight excluding hydrogens is 1660 g/mol. The van der Waals surface area contributed by atoms with Crippen LogP contribution in [-0.4, -0.2) is 13.2 Å². The predicted molar refractivity (Wildman–Crippen MR) is 574 cm³/mol. The van der Waals surface area contributed by atoms with Gasteiger partial charge in [-0.3, -0.25) is 0 Å². The second-order valence-electron chi connectivity index (χ2n) is 42.2. The van der Waals surface area contributed by atoms with Crippen molar-refractivity contribution < 1.29 is 9.47 Å². The van der Waals surface area contributed by atoms with Crippen molar-refractivity contribution in [2.45, 2.75) is 200 Å². The Morgan fingerprint density at radius 1 is 0.241 bits per heavy atom. The third-order valence-electron chi connectivity index (χ3n) is 32.5. The van der Waals surface area contributed by atoms with E-state index in [9.17, 15) is 0 Å². The Kier molecular flexibility index (Phi) is 23.0. The lowest BCUT2D eigenvalue weighted by Crippen LogP contribution is -2.36. The molecule has 0 saturated heterocycles. The van der Waals surface area contributed by atoms with E-state index in [-0.39, 0.29) is 16.2 Å². The Bertz CT molecular complexity index is 7290. The highest BCUT2D eigenvalue weighted by molar-refractivity contribution is 6.08. The minimum atomic E-state index is -0.484. The van der Waals surface area contributed by atoms with E-state index in [1.807, 2.05) is 0 Å². The lowest BCUT2D eigenvalue weighted by atomic mass is 9.58. The summed E-state index contributed by atoms with van der Waals surface area (Å²) in [5.74, 6) is 2.74. The van der Waals surface area contributed by atoms with Gasteiger partial charge in [0.05, 0.1) is 18.6 Å². The molecular formula is C134H125NO2. The second-order valence-corrected chi connectivity index (χ2v) is 42.2. The average molecular weight is 1780 g/mol. The third kappa shape index (κ3) is 15.9. The molecule has 12 bridgehead atoms. The number of benzene rings is 18. The van der Waals surface area contributed by atoms with Crippen molar-refractivity contribution in [1.82, 2.24) is 5.32 Å². The Morgan fingerprint density at radius 3 is 0.898 bits per heavy atom. The number of hydrogen-bond acceptors (Lipinski definition) is 3. The molecule has 7 aliphatic heterocycles. The van der Waals surface area contributed by atoms with E-state index >= 15 is 0 Å². The molecule has 0 aromatic heterocycles. The molecule has 4 spiro atoms. The molecule has 9 aliphatic carbocycles. The summed E-state index contributed by atoms with van der Waals surface area (Å²) in [5.41, 5.74) is 46.7. The minimum Gasteiger partial charge on any atom is -0.494 e. The maximum Gasteiger partial charge on any atom is 0.119 e. The first-order chi connectivity index (χ1) is 66.9. The number of nitrogens with one attached hydrogen (secondary N) is 1. The third-order valence-corrected chi connectivity index (χ3v) is 32.5. The van der Waals surface area contributed by atoms with Gasteiger partial charge in [0, 0.05) is 29.3 Å². The van der Waals surface area contributed by atoms with Crippen molar-refractivity contribution in [2.24, 2.45) is 5.92 Å². The maximum atomic E-state index is 6.20. The quantitative estimate of drug-likeness (QED) is 0.164. The van der Waals surface area contributed by atoms with Crippen molar-refractivity contribution in [1.29, 1.82) is 0 Å². The van der Waals surface area contributed by atoms with E-state index in [0.29, 0.717) is 0 Å². The summed E-state index contributed by atoms with van der Waals surface area (Å²) in [6.45, 7) is 23.6. The van der Waals surface area contributed by atoms with Crippen LogP contribution in [0.15, 0.2) is 340 Å². The Labute approximate surface area is 811 Å². The molecule has 3 nitrogen and oxygen atoms in total. The van der Waals surface area contributed by atoms with E-state index in [1.54, 1.807) is 11.1 Å². The molecule has 18 aromatic carbocycles. The van der Waals surface area contributed by atoms with Gasteiger partial charge in [-0.25, -0.2) is 0 Å². The van der Waals surface area contributed by atoms with Gasteiger partial charge in [0.2, 0.25) is 0 Å². The van der Waals surface area contributed by atoms with Crippen LogP contribution in [-0.2, 0) is 73.3 Å². The van der Waals surface area contributed by atoms with Crippen LogP contribution in [0.25, 0.3) is 87.6 Å². The van der Waals surface area contributed by atoms with Crippen LogP contribution in [0.5, 0.6) is 11.5 Å². The summed E-state index contributed by atoms with van der Waals surface area (Å²) < 4.78 is 12.4. The molecule has 0 unspecified atom stereocenters. The summed E-state index contributed by atoms with van der Waals surface area (Å²) in [4.78, 5) is 0. The van der Waals surface area contributed by atoms with Crippen molar-refractivity contribution in [2.75, 3.05) is 13.2 Å². The monoisotopic (exact) mass is 1780 g/mol. The zero-order chi connectivity index (χ0) is 92.8. The highest BCUT2D eigenvalue weighted by atomic mass is 16.5. The summed E-state index contributed by atoms with van der Waals surface area (Å²) in [5, 5.41) is 14.7. The summed E-state index contributed by atoms with van der Waals surface area (Å²) in [6, 6.07) is 131. The molecule has 0 amide bonds. The second kappa shape index (κ2) is 35.9. The van der Waals surface area contributed by atoms with Gasteiger partial charge in [-0.1, -0.05) is 386 Å². The van der Waals surface area contributed by atoms with E-state index < -0.39 is 5.41 Å². The van der Waals surface area contributed by atoms with E-state index in [2.05, 4.69) is 407 Å². The molecule has 0 atom stereocenters. The van der Waals surface area contributed by atoms with E-state index in [0.717, 1.165) is 95.1 Å². The molecule has 1 N–H and O–H groups in total. The lowest BCUT2D eigenvalue weighted by Gasteiger charge is -2.45. The van der Waals surface area contributed by atoms with Crippen LogP contribution in [0, 0.1) is 61.3 Å². The van der Waals surface area contributed by atoms with Crippen molar-refractivity contribution >= 4 is 43.1 Å². The first kappa shape index (κ1) is 87.6. The molecule has 7 heterocycles. The highest BCUT2D eigenvalue weighted by Crippen LogP contribution is 2.61. The van der Waals surface area contributed by atoms with Gasteiger partial charge in [0.15, 0.2) is 0 Å². The Morgan fingerprint density at radius 2 is 0.533 bits per heavy atom. The molecule has 16 aliphatic rings. The van der Waals surface area contributed by atoms with Crippen molar-refractivity contribution in [3.8, 4) is 56.0 Å². The molecule has 1 saturated carbocycles. The molecule has 3 heteroatoms. The first-order valence-corrected chi connectivity index (χ1v) is 51.0. The fraction of sp³-hybridized carbons (Fsp3) is 0.254. The fourth-order valence-electron chi connectivity index (χ4n) is 25.9. The summed E-state index contributed by atoms with van der Waals surface area (Å²) in [7, 11) is 0. The minimum absolute atomic E-state index is 0.132. The number of hydrogen-bond donors (Lipinski definition) is 1. The van der Waals surface area contributed by atoms with E-state index in [1.165, 1.54) is 272 Å². The van der Waals surface area contributed by atoms with Crippen molar-refractivity contribution in [3.05, 3.63) is 484 Å². The summed E-state index contributed by atoms with van der Waals surface area (Å²) >= 11 is 0. The predicted octanol–water partition coefficient (Wildman–Crippen LogP) is 33.0. The molecule has 1 fully saturated rings. The van der Waals surface area contributed by atoms with Crippen molar-refractivity contribution in [3.63, 3.8) is 0 Å². The number of aryl methyl sites for hydroxylation is 10. The first-order valence-electron chi connectivity index (χ1n) is 51.0.